The fourth-order valence-corrected chi connectivity index (χ4v) is 2.59. The van der Waals surface area contributed by atoms with Crippen LogP contribution in [0.5, 0.6) is 0 Å². The van der Waals surface area contributed by atoms with E-state index >= 15 is 0 Å². The maximum absolute atomic E-state index is 10.5. The van der Waals surface area contributed by atoms with Crippen molar-refractivity contribution in [1.29, 1.82) is 0 Å². The molecule has 0 spiro atoms. The first-order valence-corrected chi connectivity index (χ1v) is 6.22. The second-order valence-electron chi connectivity index (χ2n) is 3.77. The van der Waals surface area contributed by atoms with E-state index in [0.29, 0.717) is 6.42 Å². The Morgan fingerprint density at radius 3 is 2.71 bits per heavy atom. The summed E-state index contributed by atoms with van der Waals surface area (Å²) in [7, 11) is 0. The molecule has 2 rings (SSSR count). The summed E-state index contributed by atoms with van der Waals surface area (Å²) >= 11 is 1.58. The minimum absolute atomic E-state index is 0.140. The summed E-state index contributed by atoms with van der Waals surface area (Å²) in [6, 6.07) is 9.96. The fraction of sp³-hybridized carbons (Fsp3) is 0.231. The molecule has 0 aliphatic rings. The van der Waals surface area contributed by atoms with E-state index < -0.39 is 5.97 Å². The van der Waals surface area contributed by atoms with E-state index in [4.69, 9.17) is 5.11 Å². The first-order valence-electron chi connectivity index (χ1n) is 5.40. The molecule has 1 aromatic carbocycles. The van der Waals surface area contributed by atoms with Gasteiger partial charge in [-0.15, -0.1) is 11.3 Å². The van der Waals surface area contributed by atoms with E-state index in [1.54, 1.807) is 11.3 Å². The van der Waals surface area contributed by atoms with Crippen LogP contribution in [0.1, 0.15) is 16.3 Å². The van der Waals surface area contributed by atoms with Gasteiger partial charge in [0.15, 0.2) is 0 Å². The summed E-state index contributed by atoms with van der Waals surface area (Å²) in [5, 5.41) is 9.54. The van der Waals surface area contributed by atoms with Gasteiger partial charge >= 0.3 is 5.97 Å². The Balaban J connectivity index is 2.22. The zero-order valence-corrected chi connectivity index (χ0v) is 10.3. The van der Waals surface area contributed by atoms with Crippen LogP contribution in [0.3, 0.4) is 0 Å². The van der Waals surface area contributed by atoms with Crippen LogP contribution in [0.4, 0.5) is 0 Å². The zero-order valence-electron chi connectivity index (χ0n) is 9.51. The molecule has 3 nitrogen and oxygen atoms in total. The lowest BCUT2D eigenvalue weighted by Crippen LogP contribution is -1.96. The van der Waals surface area contributed by atoms with Gasteiger partial charge < -0.3 is 5.11 Å². The lowest BCUT2D eigenvalue weighted by atomic mass is 10.1. The first kappa shape index (κ1) is 11.8. The lowest BCUT2D eigenvalue weighted by molar-refractivity contribution is -0.136. The Morgan fingerprint density at radius 2 is 2.06 bits per heavy atom. The zero-order chi connectivity index (χ0) is 12.3. The van der Waals surface area contributed by atoms with Crippen LogP contribution in [-0.2, 0) is 11.2 Å². The maximum atomic E-state index is 10.5. The van der Waals surface area contributed by atoms with Crippen molar-refractivity contribution < 1.29 is 9.90 Å². The van der Waals surface area contributed by atoms with Gasteiger partial charge in [-0.05, 0) is 6.92 Å². The Labute approximate surface area is 104 Å². The summed E-state index contributed by atoms with van der Waals surface area (Å²) < 4.78 is 0. The van der Waals surface area contributed by atoms with Crippen LogP contribution in [0.25, 0.3) is 11.3 Å². The van der Waals surface area contributed by atoms with Crippen molar-refractivity contribution in [3.63, 3.8) is 0 Å². The van der Waals surface area contributed by atoms with Gasteiger partial charge in [0.25, 0.3) is 0 Å². The van der Waals surface area contributed by atoms with Gasteiger partial charge in [-0.1, -0.05) is 30.3 Å². The molecule has 1 heterocycles. The maximum Gasteiger partial charge on any atom is 0.303 e. The molecule has 0 bridgehead atoms. The number of benzene rings is 1. The quantitative estimate of drug-likeness (QED) is 0.903. The number of nitrogens with zero attached hydrogens (tertiary/aromatic N) is 1. The Kier molecular flexibility index (Phi) is 3.54. The predicted octanol–water partition coefficient (Wildman–Crippen LogP) is 3.14. The molecular formula is C13H13NO2S. The van der Waals surface area contributed by atoms with E-state index in [1.165, 1.54) is 0 Å². The monoisotopic (exact) mass is 247 g/mol. The Morgan fingerprint density at radius 1 is 1.35 bits per heavy atom. The average molecular weight is 247 g/mol. The van der Waals surface area contributed by atoms with Crippen molar-refractivity contribution in [2.45, 2.75) is 19.8 Å². The molecule has 0 aliphatic heterocycles. The molecular weight excluding hydrogens is 234 g/mol. The number of rotatable bonds is 4. The van der Waals surface area contributed by atoms with Gasteiger partial charge in [0.05, 0.1) is 17.1 Å². The fourth-order valence-electron chi connectivity index (χ4n) is 1.64. The van der Waals surface area contributed by atoms with E-state index in [0.717, 1.165) is 21.1 Å². The number of hydrogen-bond acceptors (Lipinski definition) is 3. The number of aliphatic carboxylic acids is 1. The highest BCUT2D eigenvalue weighted by Crippen LogP contribution is 2.27. The van der Waals surface area contributed by atoms with E-state index in [-0.39, 0.29) is 6.42 Å². The van der Waals surface area contributed by atoms with Gasteiger partial charge in [0, 0.05) is 16.9 Å². The Hall–Kier alpha value is -1.68. The van der Waals surface area contributed by atoms with Gasteiger partial charge in [0.2, 0.25) is 0 Å². The smallest absolute Gasteiger partial charge is 0.303 e. The number of carbonyl (C=O) groups is 1. The third kappa shape index (κ3) is 2.91. The summed E-state index contributed by atoms with van der Waals surface area (Å²) in [5.74, 6) is -0.779. The van der Waals surface area contributed by atoms with Crippen LogP contribution >= 0.6 is 11.3 Å². The molecule has 88 valence electrons. The standard InChI is InChI=1S/C13H13NO2S/c1-9-13(10-5-3-2-4-6-10)14-11(17-9)7-8-12(15)16/h2-6H,7-8H2,1H3,(H,15,16). The molecule has 0 saturated heterocycles. The van der Waals surface area contributed by atoms with Crippen LogP contribution in [0, 0.1) is 6.92 Å². The van der Waals surface area contributed by atoms with Crippen molar-refractivity contribution >= 4 is 17.3 Å². The minimum atomic E-state index is -0.779. The van der Waals surface area contributed by atoms with Crippen LogP contribution in [0.2, 0.25) is 0 Å². The number of carboxylic acids is 1. The molecule has 4 heteroatoms. The third-order valence-corrected chi connectivity index (χ3v) is 3.47. The van der Waals surface area contributed by atoms with Crippen LogP contribution in [-0.4, -0.2) is 16.1 Å². The van der Waals surface area contributed by atoms with E-state index in [1.807, 2.05) is 37.3 Å². The lowest BCUT2D eigenvalue weighted by Gasteiger charge is -1.96. The topological polar surface area (TPSA) is 50.2 Å². The third-order valence-electron chi connectivity index (χ3n) is 2.44. The number of hydrogen-bond donors (Lipinski definition) is 1. The molecule has 17 heavy (non-hydrogen) atoms. The molecule has 0 saturated carbocycles. The highest BCUT2D eigenvalue weighted by Gasteiger charge is 2.10. The Bertz CT molecular complexity index is 519. The van der Waals surface area contributed by atoms with E-state index in [9.17, 15) is 4.79 Å². The normalized spacial score (nSPS) is 10.4. The molecule has 0 fully saturated rings. The molecule has 0 aliphatic carbocycles. The predicted molar refractivity (Wildman–Crippen MR) is 68.2 cm³/mol. The molecule has 2 aromatic rings. The highest BCUT2D eigenvalue weighted by molar-refractivity contribution is 7.12. The largest absolute Gasteiger partial charge is 0.481 e. The van der Waals surface area contributed by atoms with Crippen molar-refractivity contribution in [2.75, 3.05) is 0 Å². The molecule has 0 amide bonds. The number of thiazole rings is 1. The minimum Gasteiger partial charge on any atom is -0.481 e. The number of aryl methyl sites for hydroxylation is 2. The molecule has 0 atom stereocenters. The van der Waals surface area contributed by atoms with Crippen LogP contribution < -0.4 is 0 Å². The number of aromatic nitrogens is 1. The van der Waals surface area contributed by atoms with Crippen molar-refractivity contribution in [3.05, 3.63) is 40.2 Å². The SMILES string of the molecule is Cc1sc(CCC(=O)O)nc1-c1ccccc1. The number of carboxylic acid groups (broad SMARTS) is 1. The summed E-state index contributed by atoms with van der Waals surface area (Å²) in [6.45, 7) is 2.02. The molecule has 1 aromatic heterocycles. The van der Waals surface area contributed by atoms with Crippen LogP contribution in [0.15, 0.2) is 30.3 Å². The average Bonchev–Trinajstić information content (AvgIpc) is 2.69. The molecule has 0 radical (unpaired) electrons. The summed E-state index contributed by atoms with van der Waals surface area (Å²) in [4.78, 5) is 16.2. The molecule has 0 unspecified atom stereocenters. The van der Waals surface area contributed by atoms with Gasteiger partial charge in [-0.2, -0.15) is 0 Å². The van der Waals surface area contributed by atoms with Crippen molar-refractivity contribution in [3.8, 4) is 11.3 Å². The van der Waals surface area contributed by atoms with Gasteiger partial charge in [-0.25, -0.2) is 4.98 Å². The second-order valence-corrected chi connectivity index (χ2v) is 5.06. The van der Waals surface area contributed by atoms with Gasteiger partial charge in [0.1, 0.15) is 0 Å². The summed E-state index contributed by atoms with van der Waals surface area (Å²) in [5.41, 5.74) is 2.05. The second kappa shape index (κ2) is 5.10. The molecule has 1 N–H and O–H groups in total. The van der Waals surface area contributed by atoms with Crippen molar-refractivity contribution in [2.24, 2.45) is 0 Å². The van der Waals surface area contributed by atoms with Gasteiger partial charge in [-0.3, -0.25) is 4.79 Å². The summed E-state index contributed by atoms with van der Waals surface area (Å²) in [6.07, 6.45) is 0.648. The first-order chi connectivity index (χ1) is 8.16. The van der Waals surface area contributed by atoms with Crippen molar-refractivity contribution in [1.82, 2.24) is 4.98 Å². The highest BCUT2D eigenvalue weighted by atomic mass is 32.1. The van der Waals surface area contributed by atoms with E-state index in [2.05, 4.69) is 4.98 Å².